The number of carbonyl (C=O) groups is 1. The molecule has 1 rings (SSSR count). The lowest BCUT2D eigenvalue weighted by atomic mass is 9.81. The Hall–Kier alpha value is -1.44. The molecule has 1 aromatic heterocycles. The van der Waals surface area contributed by atoms with Crippen LogP contribution in [-0.4, -0.2) is 38.8 Å². The minimum atomic E-state index is -1.35. The molecule has 0 bridgehead atoms. The summed E-state index contributed by atoms with van der Waals surface area (Å²) in [5.74, 6) is -1.03. The number of aromatic nitrogens is 1. The topological polar surface area (TPSA) is 117 Å². The first-order chi connectivity index (χ1) is 9.44. The number of hydrogen-bond donors (Lipinski definition) is 4. The van der Waals surface area contributed by atoms with Crippen LogP contribution in [0, 0.1) is 0 Å². The molecule has 0 saturated carbocycles. The van der Waals surface area contributed by atoms with Gasteiger partial charge in [0.2, 0.25) is 0 Å². The molecule has 20 heavy (non-hydrogen) atoms. The fourth-order valence-electron chi connectivity index (χ4n) is 2.00. The standard InChI is InChI=1S/C13H21BN2O4/c15-13(12(17)18,7-2-3-9-14(19)20)8-6-11-5-1-4-10-16-11/h1,4-5,10,19-20H,2-3,6-9,15H2,(H,17,18). The van der Waals surface area contributed by atoms with Crippen molar-refractivity contribution in [3.05, 3.63) is 30.1 Å². The van der Waals surface area contributed by atoms with Gasteiger partial charge in [-0.05, 0) is 37.7 Å². The molecule has 0 spiro atoms. The Morgan fingerprint density at radius 3 is 2.60 bits per heavy atom. The Morgan fingerprint density at radius 2 is 2.05 bits per heavy atom. The van der Waals surface area contributed by atoms with Crippen molar-refractivity contribution in [1.82, 2.24) is 4.98 Å². The van der Waals surface area contributed by atoms with Crippen LogP contribution in [0.15, 0.2) is 24.4 Å². The quantitative estimate of drug-likeness (QED) is 0.385. The second-order valence-electron chi connectivity index (χ2n) is 5.01. The van der Waals surface area contributed by atoms with E-state index in [2.05, 4.69) is 4.98 Å². The zero-order chi connectivity index (χ0) is 15.0. The summed E-state index contributed by atoms with van der Waals surface area (Å²) in [7, 11) is -1.35. The largest absolute Gasteiger partial charge is 0.480 e. The lowest BCUT2D eigenvalue weighted by molar-refractivity contribution is -0.144. The van der Waals surface area contributed by atoms with Crippen LogP contribution in [0.4, 0.5) is 0 Å². The van der Waals surface area contributed by atoms with Gasteiger partial charge in [-0.1, -0.05) is 18.9 Å². The monoisotopic (exact) mass is 280 g/mol. The first-order valence-electron chi connectivity index (χ1n) is 6.72. The van der Waals surface area contributed by atoms with Gasteiger partial charge in [-0.2, -0.15) is 0 Å². The Morgan fingerprint density at radius 1 is 1.30 bits per heavy atom. The van der Waals surface area contributed by atoms with E-state index in [-0.39, 0.29) is 6.32 Å². The summed E-state index contributed by atoms with van der Waals surface area (Å²) in [6.45, 7) is 0. The maximum Gasteiger partial charge on any atom is 0.451 e. The van der Waals surface area contributed by atoms with Gasteiger partial charge in [-0.25, -0.2) is 0 Å². The van der Waals surface area contributed by atoms with E-state index < -0.39 is 18.6 Å². The van der Waals surface area contributed by atoms with Crippen molar-refractivity contribution in [1.29, 1.82) is 0 Å². The Bertz CT molecular complexity index is 416. The molecule has 0 fully saturated rings. The second kappa shape index (κ2) is 7.99. The van der Waals surface area contributed by atoms with Crippen LogP contribution in [-0.2, 0) is 11.2 Å². The minimum Gasteiger partial charge on any atom is -0.480 e. The second-order valence-corrected chi connectivity index (χ2v) is 5.01. The molecule has 5 N–H and O–H groups in total. The number of rotatable bonds is 9. The first-order valence-corrected chi connectivity index (χ1v) is 6.72. The predicted molar refractivity (Wildman–Crippen MR) is 76.0 cm³/mol. The highest BCUT2D eigenvalue weighted by Crippen LogP contribution is 2.19. The van der Waals surface area contributed by atoms with Crippen LogP contribution in [0.1, 0.15) is 31.4 Å². The molecule has 0 radical (unpaired) electrons. The summed E-state index contributed by atoms with van der Waals surface area (Å²) in [6.07, 6.45) is 4.10. The summed E-state index contributed by atoms with van der Waals surface area (Å²) < 4.78 is 0. The number of unbranched alkanes of at least 4 members (excludes halogenated alkanes) is 1. The number of nitrogens with zero attached hydrogens (tertiary/aromatic N) is 1. The van der Waals surface area contributed by atoms with Gasteiger partial charge in [-0.3, -0.25) is 9.78 Å². The normalized spacial score (nSPS) is 13.8. The third-order valence-electron chi connectivity index (χ3n) is 3.31. The summed E-state index contributed by atoms with van der Waals surface area (Å²) in [4.78, 5) is 15.5. The van der Waals surface area contributed by atoms with E-state index in [0.717, 1.165) is 5.69 Å². The molecule has 110 valence electrons. The van der Waals surface area contributed by atoms with Gasteiger partial charge in [0.25, 0.3) is 0 Å². The molecule has 0 aliphatic heterocycles. The van der Waals surface area contributed by atoms with Crippen LogP contribution in [0.2, 0.25) is 6.32 Å². The molecule has 0 saturated heterocycles. The van der Waals surface area contributed by atoms with Crippen molar-refractivity contribution in [3.63, 3.8) is 0 Å². The molecule has 0 amide bonds. The fourth-order valence-corrected chi connectivity index (χ4v) is 2.00. The fraction of sp³-hybridized carbons (Fsp3) is 0.538. The van der Waals surface area contributed by atoms with E-state index >= 15 is 0 Å². The lowest BCUT2D eigenvalue weighted by Gasteiger charge is -2.24. The van der Waals surface area contributed by atoms with Gasteiger partial charge in [0.15, 0.2) is 0 Å². The lowest BCUT2D eigenvalue weighted by Crippen LogP contribution is -2.48. The summed E-state index contributed by atoms with van der Waals surface area (Å²) in [5.41, 5.74) is 5.47. The van der Waals surface area contributed by atoms with Gasteiger partial charge >= 0.3 is 13.1 Å². The average Bonchev–Trinajstić information content (AvgIpc) is 2.42. The van der Waals surface area contributed by atoms with E-state index in [4.69, 9.17) is 15.8 Å². The van der Waals surface area contributed by atoms with E-state index in [0.29, 0.717) is 32.1 Å². The zero-order valence-corrected chi connectivity index (χ0v) is 11.4. The number of carboxylic acid groups (broad SMARTS) is 1. The SMILES string of the molecule is NC(CCCCB(O)O)(CCc1ccccn1)C(=O)O. The maximum absolute atomic E-state index is 11.3. The van der Waals surface area contributed by atoms with Gasteiger partial charge < -0.3 is 20.9 Å². The van der Waals surface area contributed by atoms with Crippen molar-refractivity contribution in [3.8, 4) is 0 Å². The Kier molecular flexibility index (Phi) is 6.64. The van der Waals surface area contributed by atoms with Gasteiger partial charge in [0.1, 0.15) is 5.54 Å². The van der Waals surface area contributed by atoms with Crippen molar-refractivity contribution >= 4 is 13.1 Å². The summed E-state index contributed by atoms with van der Waals surface area (Å²) in [5, 5.41) is 26.8. The number of aryl methyl sites for hydroxylation is 1. The zero-order valence-electron chi connectivity index (χ0n) is 11.4. The van der Waals surface area contributed by atoms with Crippen LogP contribution in [0.25, 0.3) is 0 Å². The molecule has 1 unspecified atom stereocenters. The highest BCUT2D eigenvalue weighted by atomic mass is 16.4. The average molecular weight is 280 g/mol. The van der Waals surface area contributed by atoms with E-state index in [1.807, 2.05) is 12.1 Å². The predicted octanol–water partition coefficient (Wildman–Crippen LogP) is 0.439. The molecule has 1 atom stereocenters. The molecule has 6 nitrogen and oxygen atoms in total. The molecular weight excluding hydrogens is 259 g/mol. The molecule has 0 aliphatic rings. The highest BCUT2D eigenvalue weighted by Gasteiger charge is 2.33. The molecule has 0 aromatic carbocycles. The molecule has 7 heteroatoms. The number of hydrogen-bond acceptors (Lipinski definition) is 5. The third kappa shape index (κ3) is 5.69. The maximum atomic E-state index is 11.3. The minimum absolute atomic E-state index is 0.232. The summed E-state index contributed by atoms with van der Waals surface area (Å²) in [6, 6.07) is 5.49. The Balaban J connectivity index is 2.47. The van der Waals surface area contributed by atoms with Crippen LogP contribution in [0.3, 0.4) is 0 Å². The molecular formula is C13H21BN2O4. The molecule has 1 aromatic rings. The first kappa shape index (κ1) is 16.6. The van der Waals surface area contributed by atoms with E-state index in [1.54, 1.807) is 12.3 Å². The number of nitrogens with two attached hydrogens (primary N) is 1. The molecule has 0 aliphatic carbocycles. The summed E-state index contributed by atoms with van der Waals surface area (Å²) >= 11 is 0. The number of carboxylic acids is 1. The Labute approximate surface area is 118 Å². The highest BCUT2D eigenvalue weighted by molar-refractivity contribution is 6.40. The van der Waals surface area contributed by atoms with Crippen LogP contribution >= 0.6 is 0 Å². The van der Waals surface area contributed by atoms with Gasteiger partial charge in [0.05, 0.1) is 0 Å². The third-order valence-corrected chi connectivity index (χ3v) is 3.31. The van der Waals surface area contributed by atoms with Crippen LogP contribution < -0.4 is 5.73 Å². The van der Waals surface area contributed by atoms with Crippen molar-refractivity contribution in [2.24, 2.45) is 5.73 Å². The van der Waals surface area contributed by atoms with Gasteiger partial charge in [0, 0.05) is 11.9 Å². The smallest absolute Gasteiger partial charge is 0.451 e. The van der Waals surface area contributed by atoms with Gasteiger partial charge in [-0.15, -0.1) is 0 Å². The van der Waals surface area contributed by atoms with Crippen LogP contribution in [0.5, 0.6) is 0 Å². The van der Waals surface area contributed by atoms with E-state index in [9.17, 15) is 9.90 Å². The van der Waals surface area contributed by atoms with E-state index in [1.165, 1.54) is 0 Å². The molecule has 1 heterocycles. The number of pyridine rings is 1. The van der Waals surface area contributed by atoms with Crippen molar-refractivity contribution in [2.45, 2.75) is 44.0 Å². The number of aliphatic carboxylic acids is 1. The van der Waals surface area contributed by atoms with Crippen molar-refractivity contribution < 1.29 is 19.9 Å². The van der Waals surface area contributed by atoms with Crippen molar-refractivity contribution in [2.75, 3.05) is 0 Å².